The van der Waals surface area contributed by atoms with Crippen LogP contribution in [0.1, 0.15) is 13.3 Å². The third-order valence-corrected chi connectivity index (χ3v) is 5.14. The molecule has 28 heavy (non-hydrogen) atoms. The van der Waals surface area contributed by atoms with E-state index in [2.05, 4.69) is 37.3 Å². The van der Waals surface area contributed by atoms with Crippen molar-refractivity contribution in [2.75, 3.05) is 23.7 Å². The number of nitrogens with one attached hydrogen (secondary N) is 3. The van der Waals surface area contributed by atoms with E-state index in [1.165, 1.54) is 6.08 Å². The Morgan fingerprint density at radius 1 is 1.50 bits per heavy atom. The van der Waals surface area contributed by atoms with Gasteiger partial charge in [0, 0.05) is 38.1 Å². The molecule has 0 radical (unpaired) electrons. The highest BCUT2D eigenvalue weighted by atomic mass is 35.5. The molecule has 1 aliphatic rings. The number of hydrogen-bond donors (Lipinski definition) is 4. The smallest absolute Gasteiger partial charge is 0.231 e. The summed E-state index contributed by atoms with van der Waals surface area (Å²) in [7, 11) is 0. The van der Waals surface area contributed by atoms with Crippen LogP contribution in [-0.4, -0.2) is 60.1 Å². The first-order chi connectivity index (χ1) is 13.6. The van der Waals surface area contributed by atoms with Gasteiger partial charge in [-0.25, -0.2) is 0 Å². The third-order valence-electron chi connectivity index (χ3n) is 4.84. The van der Waals surface area contributed by atoms with Gasteiger partial charge in [-0.3, -0.25) is 9.58 Å². The molecular formula is C18H23ClN8O. The van der Waals surface area contributed by atoms with Gasteiger partial charge in [-0.1, -0.05) is 18.2 Å². The number of aliphatic hydroxyl groups is 1. The minimum Gasteiger partial charge on any atom is -0.375 e. The van der Waals surface area contributed by atoms with Crippen LogP contribution in [0.3, 0.4) is 0 Å². The number of H-pyrrole nitrogens is 1. The monoisotopic (exact) mass is 402 g/mol. The number of anilines is 3. The van der Waals surface area contributed by atoms with Crippen LogP contribution in [0, 0.1) is 0 Å². The van der Waals surface area contributed by atoms with Gasteiger partial charge < -0.3 is 20.7 Å². The van der Waals surface area contributed by atoms with E-state index in [0.29, 0.717) is 29.0 Å². The Hall–Kier alpha value is -2.62. The number of halogens is 1. The van der Waals surface area contributed by atoms with Gasteiger partial charge in [0.15, 0.2) is 0 Å². The van der Waals surface area contributed by atoms with Crippen LogP contribution in [0.5, 0.6) is 0 Å². The Morgan fingerprint density at radius 3 is 3.11 bits per heavy atom. The van der Waals surface area contributed by atoms with Gasteiger partial charge in [0.25, 0.3) is 0 Å². The summed E-state index contributed by atoms with van der Waals surface area (Å²) in [6.07, 6.45) is 7.11. The number of rotatable bonds is 7. The second kappa shape index (κ2) is 7.78. The molecule has 1 aliphatic heterocycles. The predicted octanol–water partition coefficient (Wildman–Crippen LogP) is 2.56. The van der Waals surface area contributed by atoms with Crippen molar-refractivity contribution in [3.05, 3.63) is 36.3 Å². The number of likely N-dealkylation sites (tertiary alicyclic amines) is 1. The lowest BCUT2D eigenvalue weighted by molar-refractivity contribution is 0.0610. The maximum absolute atomic E-state index is 9.97. The molecule has 0 aliphatic carbocycles. The summed E-state index contributed by atoms with van der Waals surface area (Å²) in [5.74, 6) is 1.10. The van der Waals surface area contributed by atoms with Gasteiger partial charge >= 0.3 is 0 Å². The SMILES string of the molecule is C=CC(O)N1CCC(Nc2nc(Nc3cnn(CC)c3)nc3[nH]cc(Cl)c23)C1. The molecule has 4 rings (SSSR count). The molecule has 4 heterocycles. The van der Waals surface area contributed by atoms with E-state index < -0.39 is 6.23 Å². The van der Waals surface area contributed by atoms with Crippen LogP contribution in [0.15, 0.2) is 31.2 Å². The summed E-state index contributed by atoms with van der Waals surface area (Å²) in [4.78, 5) is 14.2. The van der Waals surface area contributed by atoms with Gasteiger partial charge in [0.2, 0.25) is 5.95 Å². The first-order valence-corrected chi connectivity index (χ1v) is 9.60. The second-order valence-electron chi connectivity index (χ2n) is 6.74. The quantitative estimate of drug-likeness (QED) is 0.450. The summed E-state index contributed by atoms with van der Waals surface area (Å²) in [5, 5.41) is 22.2. The number of fused-ring (bicyclic) bond motifs is 1. The molecule has 0 bridgehead atoms. The predicted molar refractivity (Wildman–Crippen MR) is 110 cm³/mol. The van der Waals surface area contributed by atoms with E-state index in [1.807, 2.05) is 22.7 Å². The van der Waals surface area contributed by atoms with Crippen molar-refractivity contribution < 1.29 is 5.11 Å². The van der Waals surface area contributed by atoms with Crippen molar-refractivity contribution in [2.45, 2.75) is 32.2 Å². The van der Waals surface area contributed by atoms with Crippen LogP contribution in [-0.2, 0) is 6.54 Å². The Balaban J connectivity index is 1.59. The first-order valence-electron chi connectivity index (χ1n) is 9.22. The van der Waals surface area contributed by atoms with Gasteiger partial charge in [-0.15, -0.1) is 0 Å². The molecule has 3 aromatic rings. The minimum atomic E-state index is -0.639. The lowest BCUT2D eigenvalue weighted by atomic mass is 10.2. The van der Waals surface area contributed by atoms with Crippen LogP contribution >= 0.6 is 11.6 Å². The molecule has 4 N–H and O–H groups in total. The van der Waals surface area contributed by atoms with Crippen molar-refractivity contribution in [3.8, 4) is 0 Å². The molecule has 0 spiro atoms. The Kier molecular flexibility index (Phi) is 5.21. The topological polar surface area (TPSA) is 107 Å². The normalized spacial score (nSPS) is 18.5. The lowest BCUT2D eigenvalue weighted by Crippen LogP contribution is -2.33. The molecule has 2 atom stereocenters. The van der Waals surface area contributed by atoms with E-state index in [4.69, 9.17) is 11.6 Å². The highest BCUT2D eigenvalue weighted by Crippen LogP contribution is 2.31. The lowest BCUT2D eigenvalue weighted by Gasteiger charge is -2.20. The number of aromatic amines is 1. The summed E-state index contributed by atoms with van der Waals surface area (Å²) >= 11 is 6.35. The first kappa shape index (κ1) is 18.7. The molecule has 2 unspecified atom stereocenters. The van der Waals surface area contributed by atoms with Crippen LogP contribution < -0.4 is 10.6 Å². The van der Waals surface area contributed by atoms with Crippen LogP contribution in [0.4, 0.5) is 17.5 Å². The molecule has 1 fully saturated rings. The summed E-state index contributed by atoms with van der Waals surface area (Å²) in [6.45, 7) is 7.93. The van der Waals surface area contributed by atoms with Gasteiger partial charge in [0.1, 0.15) is 17.7 Å². The largest absolute Gasteiger partial charge is 0.375 e. The van der Waals surface area contributed by atoms with Crippen LogP contribution in [0.2, 0.25) is 5.02 Å². The zero-order chi connectivity index (χ0) is 19.7. The van der Waals surface area contributed by atoms with Gasteiger partial charge in [0.05, 0.1) is 22.3 Å². The maximum atomic E-state index is 9.97. The number of aryl methyl sites for hydroxylation is 1. The molecular weight excluding hydrogens is 380 g/mol. The van der Waals surface area contributed by atoms with Crippen LogP contribution in [0.25, 0.3) is 11.0 Å². The maximum Gasteiger partial charge on any atom is 0.231 e. The number of aliphatic hydroxyl groups excluding tert-OH is 1. The minimum absolute atomic E-state index is 0.134. The molecule has 10 heteroatoms. The van der Waals surface area contributed by atoms with Crippen molar-refractivity contribution >= 4 is 40.1 Å². The van der Waals surface area contributed by atoms with E-state index in [0.717, 1.165) is 30.6 Å². The van der Waals surface area contributed by atoms with Gasteiger partial charge in [-0.05, 0) is 19.4 Å². The van der Waals surface area contributed by atoms with Crippen molar-refractivity contribution in [3.63, 3.8) is 0 Å². The zero-order valence-electron chi connectivity index (χ0n) is 15.6. The van der Waals surface area contributed by atoms with E-state index in [-0.39, 0.29) is 6.04 Å². The van der Waals surface area contributed by atoms with Gasteiger partial charge in [-0.2, -0.15) is 15.1 Å². The Bertz CT molecular complexity index is 983. The van der Waals surface area contributed by atoms with E-state index in [9.17, 15) is 5.11 Å². The fraction of sp³-hybridized carbons (Fsp3) is 0.389. The third kappa shape index (κ3) is 3.68. The molecule has 0 saturated carbocycles. The molecule has 3 aromatic heterocycles. The molecule has 1 saturated heterocycles. The number of hydrogen-bond acceptors (Lipinski definition) is 7. The van der Waals surface area contributed by atoms with E-state index in [1.54, 1.807) is 12.4 Å². The fourth-order valence-corrected chi connectivity index (χ4v) is 3.61. The zero-order valence-corrected chi connectivity index (χ0v) is 16.3. The number of aromatic nitrogens is 5. The highest BCUT2D eigenvalue weighted by Gasteiger charge is 2.27. The molecule has 0 aromatic carbocycles. The average Bonchev–Trinajstić information content (AvgIpc) is 3.42. The second-order valence-corrected chi connectivity index (χ2v) is 7.15. The highest BCUT2D eigenvalue weighted by molar-refractivity contribution is 6.36. The molecule has 0 amide bonds. The number of nitrogens with zero attached hydrogens (tertiary/aromatic N) is 5. The van der Waals surface area contributed by atoms with Crippen molar-refractivity contribution in [1.82, 2.24) is 29.6 Å². The molecule has 9 nitrogen and oxygen atoms in total. The fourth-order valence-electron chi connectivity index (χ4n) is 3.37. The molecule has 148 valence electrons. The summed E-state index contributed by atoms with van der Waals surface area (Å²) in [6, 6.07) is 0.134. The standard InChI is InChI=1S/C18H23ClN8O/c1-3-14(28)26-6-5-11(9-26)22-17-15-13(19)8-20-16(15)24-18(25-17)23-12-7-21-27(4-2)10-12/h3,7-8,10-11,14,28H,1,4-6,9H2,2H3,(H3,20,22,23,24,25). The summed E-state index contributed by atoms with van der Waals surface area (Å²) < 4.78 is 1.82. The summed E-state index contributed by atoms with van der Waals surface area (Å²) in [5.41, 5.74) is 1.46. The average molecular weight is 403 g/mol. The van der Waals surface area contributed by atoms with Crippen molar-refractivity contribution in [1.29, 1.82) is 0 Å². The Morgan fingerprint density at radius 2 is 2.36 bits per heavy atom. The van der Waals surface area contributed by atoms with E-state index >= 15 is 0 Å². The van der Waals surface area contributed by atoms with Crippen molar-refractivity contribution in [2.24, 2.45) is 0 Å². The Labute approximate surface area is 167 Å².